The average molecular weight is 439 g/mol. The van der Waals surface area contributed by atoms with Gasteiger partial charge in [0.15, 0.2) is 0 Å². The Bertz CT molecular complexity index is 789. The number of carbonyl (C=O) groups excluding carboxylic acids is 1. The monoisotopic (exact) mass is 438 g/mol. The highest BCUT2D eigenvalue weighted by atomic mass is 16.5. The van der Waals surface area contributed by atoms with E-state index < -0.39 is 0 Å². The van der Waals surface area contributed by atoms with E-state index in [1.54, 1.807) is 5.57 Å². The molecule has 0 aromatic carbocycles. The molecule has 0 bridgehead atoms. The van der Waals surface area contributed by atoms with Crippen LogP contribution in [-0.4, -0.2) is 12.1 Å². The highest BCUT2D eigenvalue weighted by molar-refractivity contribution is 5.81. The summed E-state index contributed by atoms with van der Waals surface area (Å²) in [6, 6.07) is 0. The van der Waals surface area contributed by atoms with Crippen LogP contribution < -0.4 is 0 Å². The van der Waals surface area contributed by atoms with Crippen LogP contribution in [0.1, 0.15) is 98.8 Å². The standard InChI is InChI=1S/C30H46O2/c1-7-28(31)32-23-15-17-29(5)22(19-23)11-12-24-26-14-13-25(21(4)10-8-9-20(2)3)30(26,6)18-16-27(24)29/h7,11-12,20-21,23,25-27H,1,8-10,13-19H2,2-6H3/t21-,23+,25-,26+,27+,29+,30-/m1/s1. The van der Waals surface area contributed by atoms with Crippen LogP contribution in [0.5, 0.6) is 0 Å². The van der Waals surface area contributed by atoms with E-state index in [-0.39, 0.29) is 17.5 Å². The maximum atomic E-state index is 11.7. The summed E-state index contributed by atoms with van der Waals surface area (Å²) in [7, 11) is 0. The van der Waals surface area contributed by atoms with Gasteiger partial charge in [0.2, 0.25) is 0 Å². The van der Waals surface area contributed by atoms with Crippen LogP contribution in [0.25, 0.3) is 0 Å². The third-order valence-corrected chi connectivity index (χ3v) is 10.2. The Morgan fingerprint density at radius 2 is 1.88 bits per heavy atom. The normalized spacial score (nSPS) is 39.3. The summed E-state index contributed by atoms with van der Waals surface area (Å²) in [6.07, 6.45) is 18.9. The second-order valence-corrected chi connectivity index (χ2v) is 12.4. The number of carbonyl (C=O) groups is 1. The zero-order valence-electron chi connectivity index (χ0n) is 21.3. The molecule has 0 unspecified atom stereocenters. The molecule has 32 heavy (non-hydrogen) atoms. The fraction of sp³-hybridized carbons (Fsp3) is 0.767. The molecule has 178 valence electrons. The van der Waals surface area contributed by atoms with E-state index in [1.165, 1.54) is 56.6 Å². The zero-order valence-corrected chi connectivity index (χ0v) is 21.3. The van der Waals surface area contributed by atoms with Crippen molar-refractivity contribution >= 4 is 5.97 Å². The van der Waals surface area contributed by atoms with Gasteiger partial charge in [-0.2, -0.15) is 0 Å². The van der Waals surface area contributed by atoms with Crippen LogP contribution in [0.3, 0.4) is 0 Å². The number of esters is 1. The van der Waals surface area contributed by atoms with Gasteiger partial charge in [0.1, 0.15) is 6.10 Å². The molecular formula is C30H46O2. The third kappa shape index (κ3) is 4.16. The van der Waals surface area contributed by atoms with Crippen molar-refractivity contribution in [3.63, 3.8) is 0 Å². The fourth-order valence-electron chi connectivity index (χ4n) is 8.31. The van der Waals surface area contributed by atoms with Crippen LogP contribution in [0, 0.1) is 40.4 Å². The van der Waals surface area contributed by atoms with Crippen molar-refractivity contribution in [2.24, 2.45) is 40.4 Å². The highest BCUT2D eigenvalue weighted by Crippen LogP contribution is 2.66. The molecule has 0 N–H and O–H groups in total. The lowest BCUT2D eigenvalue weighted by molar-refractivity contribution is -0.144. The first kappa shape index (κ1) is 23.8. The molecule has 0 amide bonds. The topological polar surface area (TPSA) is 26.3 Å². The smallest absolute Gasteiger partial charge is 0.330 e. The van der Waals surface area contributed by atoms with Gasteiger partial charge in [0.05, 0.1) is 0 Å². The molecule has 0 aromatic rings. The minimum absolute atomic E-state index is 0.0196. The van der Waals surface area contributed by atoms with Crippen molar-refractivity contribution in [1.29, 1.82) is 0 Å². The number of ether oxygens (including phenoxy) is 1. The SMILES string of the molecule is C=CC(=O)O[C@H]1CC[C@@]2(C)C(=CC=C3[C@@H]4CC[C@H]([C@H](C)CCCC(C)C)[C@@]4(C)CC[C@@H]32)C1. The molecule has 0 heterocycles. The third-order valence-electron chi connectivity index (χ3n) is 10.2. The molecule has 3 saturated carbocycles. The van der Waals surface area contributed by atoms with Gasteiger partial charge < -0.3 is 4.74 Å². The summed E-state index contributed by atoms with van der Waals surface area (Å²) in [6.45, 7) is 16.0. The van der Waals surface area contributed by atoms with E-state index in [1.807, 2.05) is 0 Å². The predicted molar refractivity (Wildman–Crippen MR) is 133 cm³/mol. The Balaban J connectivity index is 1.50. The molecule has 4 aliphatic carbocycles. The first-order valence-corrected chi connectivity index (χ1v) is 13.4. The minimum Gasteiger partial charge on any atom is -0.459 e. The fourth-order valence-corrected chi connectivity index (χ4v) is 8.31. The molecule has 0 aliphatic heterocycles. The predicted octanol–water partition coefficient (Wildman–Crippen LogP) is 8.05. The second-order valence-electron chi connectivity index (χ2n) is 12.4. The van der Waals surface area contributed by atoms with E-state index in [4.69, 9.17) is 4.74 Å². The number of hydrogen-bond donors (Lipinski definition) is 0. The maximum Gasteiger partial charge on any atom is 0.330 e. The van der Waals surface area contributed by atoms with Crippen LogP contribution in [0.4, 0.5) is 0 Å². The Kier molecular flexibility index (Phi) is 6.81. The van der Waals surface area contributed by atoms with Gasteiger partial charge in [-0.15, -0.1) is 0 Å². The largest absolute Gasteiger partial charge is 0.459 e. The molecule has 3 fully saturated rings. The van der Waals surface area contributed by atoms with Crippen LogP contribution in [-0.2, 0) is 9.53 Å². The average Bonchev–Trinajstić information content (AvgIpc) is 3.11. The van der Waals surface area contributed by atoms with Crippen molar-refractivity contribution in [3.8, 4) is 0 Å². The molecule has 4 aliphatic rings. The number of hydrogen-bond acceptors (Lipinski definition) is 2. The number of allylic oxidation sites excluding steroid dienone is 3. The van der Waals surface area contributed by atoms with Crippen LogP contribution >= 0.6 is 0 Å². The summed E-state index contributed by atoms with van der Waals surface area (Å²) in [5.41, 5.74) is 4.02. The van der Waals surface area contributed by atoms with Gasteiger partial charge >= 0.3 is 5.97 Å². The minimum atomic E-state index is -0.279. The molecule has 2 heteroatoms. The molecule has 7 atom stereocenters. The van der Waals surface area contributed by atoms with Crippen molar-refractivity contribution in [2.45, 2.75) is 105 Å². The Morgan fingerprint density at radius 1 is 1.09 bits per heavy atom. The number of rotatable bonds is 7. The van der Waals surface area contributed by atoms with E-state index in [0.717, 1.165) is 42.9 Å². The van der Waals surface area contributed by atoms with Crippen LogP contribution in [0.15, 0.2) is 36.0 Å². The van der Waals surface area contributed by atoms with Gasteiger partial charge in [-0.3, -0.25) is 0 Å². The van der Waals surface area contributed by atoms with Gasteiger partial charge in [0.25, 0.3) is 0 Å². The van der Waals surface area contributed by atoms with E-state index in [9.17, 15) is 4.79 Å². The van der Waals surface area contributed by atoms with Crippen molar-refractivity contribution in [1.82, 2.24) is 0 Å². The molecule has 4 rings (SSSR count). The molecule has 0 saturated heterocycles. The first-order chi connectivity index (χ1) is 15.2. The van der Waals surface area contributed by atoms with E-state index in [2.05, 4.69) is 53.3 Å². The quantitative estimate of drug-likeness (QED) is 0.297. The van der Waals surface area contributed by atoms with Gasteiger partial charge in [0, 0.05) is 12.5 Å². The summed E-state index contributed by atoms with van der Waals surface area (Å²) in [5.74, 6) is 3.74. The Labute approximate surface area is 197 Å². The lowest BCUT2D eigenvalue weighted by Gasteiger charge is -2.55. The second kappa shape index (κ2) is 9.15. The summed E-state index contributed by atoms with van der Waals surface area (Å²) < 4.78 is 5.62. The van der Waals surface area contributed by atoms with Crippen molar-refractivity contribution in [2.75, 3.05) is 0 Å². The molecular weight excluding hydrogens is 392 g/mol. The Hall–Kier alpha value is -1.31. The maximum absolute atomic E-state index is 11.7. The van der Waals surface area contributed by atoms with Gasteiger partial charge in [-0.25, -0.2) is 4.79 Å². The summed E-state index contributed by atoms with van der Waals surface area (Å²) in [4.78, 5) is 11.7. The zero-order chi connectivity index (χ0) is 23.1. The Morgan fingerprint density at radius 3 is 2.59 bits per heavy atom. The molecule has 0 aromatic heterocycles. The van der Waals surface area contributed by atoms with Crippen molar-refractivity contribution < 1.29 is 9.53 Å². The number of fused-ring (bicyclic) bond motifs is 5. The highest BCUT2D eigenvalue weighted by Gasteiger charge is 2.57. The van der Waals surface area contributed by atoms with E-state index in [0.29, 0.717) is 11.3 Å². The van der Waals surface area contributed by atoms with Gasteiger partial charge in [-0.05, 0) is 78.9 Å². The molecule has 0 spiro atoms. The van der Waals surface area contributed by atoms with Crippen molar-refractivity contribution in [3.05, 3.63) is 36.0 Å². The summed E-state index contributed by atoms with van der Waals surface area (Å²) in [5, 5.41) is 0. The lowest BCUT2D eigenvalue weighted by Crippen LogP contribution is -2.46. The van der Waals surface area contributed by atoms with Gasteiger partial charge in [-0.1, -0.05) is 83.8 Å². The van der Waals surface area contributed by atoms with Crippen LogP contribution in [0.2, 0.25) is 0 Å². The lowest BCUT2D eigenvalue weighted by atomic mass is 9.50. The van der Waals surface area contributed by atoms with E-state index >= 15 is 0 Å². The summed E-state index contributed by atoms with van der Waals surface area (Å²) >= 11 is 0. The first-order valence-electron chi connectivity index (χ1n) is 13.4. The molecule has 2 nitrogen and oxygen atoms in total. The molecule has 0 radical (unpaired) electrons.